The van der Waals surface area contributed by atoms with Crippen molar-refractivity contribution in [3.05, 3.63) is 142 Å². The van der Waals surface area contributed by atoms with Crippen LogP contribution in [0.3, 0.4) is 0 Å². The Bertz CT molecular complexity index is 2680. The van der Waals surface area contributed by atoms with Gasteiger partial charge in [0.25, 0.3) is 11.8 Å². The van der Waals surface area contributed by atoms with Crippen LogP contribution in [0.2, 0.25) is 0 Å². The van der Waals surface area contributed by atoms with Crippen molar-refractivity contribution in [2.75, 3.05) is 76.1 Å². The zero-order chi connectivity index (χ0) is 49.4. The summed E-state index contributed by atoms with van der Waals surface area (Å²) in [5, 5.41) is 24.8. The lowest BCUT2D eigenvalue weighted by Crippen LogP contribution is -2.44. The molecular weight excluding hydrogens is 904 g/mol. The highest BCUT2D eigenvalue weighted by Crippen LogP contribution is 2.43. The number of hydrogen-bond donors (Lipinski definition) is 6. The molecule has 0 aliphatic heterocycles. The minimum absolute atomic E-state index is 0.0384. The molecule has 4 aromatic carbocycles. The quantitative estimate of drug-likeness (QED) is 0.0177. The van der Waals surface area contributed by atoms with Gasteiger partial charge < -0.3 is 36.0 Å². The molecule has 68 heavy (non-hydrogen) atoms. The number of carbonyl (C=O) groups excluding carboxylic acids is 6. The van der Waals surface area contributed by atoms with Crippen molar-refractivity contribution in [2.24, 2.45) is 0 Å². The zero-order valence-corrected chi connectivity index (χ0v) is 38.4. The molecule has 1 heterocycles. The van der Waals surface area contributed by atoms with Gasteiger partial charge in [-0.25, -0.2) is 14.4 Å². The number of rotatable bonds is 23. The molecule has 1 unspecified atom stereocenters. The first kappa shape index (κ1) is 51.2. The van der Waals surface area contributed by atoms with Crippen LogP contribution in [0.1, 0.15) is 38.8 Å². The van der Waals surface area contributed by atoms with Gasteiger partial charge in [-0.1, -0.05) is 54.6 Å². The SMILES string of the molecule is CC(=O)Nc1ccc(N(C(=O)CNC(=O)CNC(=O)CNC(=O)c2ccc(CCOP(=O)(O)OCC[N+](C)(C)C)cc2)c2ncc([N+](=O)[O-])c(Nc3ccccc3C(=O)c3ccccc3)n2)cc1. The van der Waals surface area contributed by atoms with E-state index in [4.69, 9.17) is 9.05 Å². The lowest BCUT2D eigenvalue weighted by atomic mass is 10.0. The Morgan fingerprint density at radius 2 is 1.40 bits per heavy atom. The number of anilines is 5. The van der Waals surface area contributed by atoms with Crippen LogP contribution in [0.5, 0.6) is 0 Å². The van der Waals surface area contributed by atoms with Crippen LogP contribution in [0.4, 0.5) is 34.5 Å². The number of amides is 5. The largest absolute Gasteiger partial charge is 0.472 e. The normalized spacial score (nSPS) is 11.9. The molecule has 0 saturated heterocycles. The van der Waals surface area contributed by atoms with E-state index < -0.39 is 61.7 Å². The lowest BCUT2D eigenvalue weighted by molar-refractivity contribution is -0.870. The second-order valence-corrected chi connectivity index (χ2v) is 17.3. The van der Waals surface area contributed by atoms with E-state index in [9.17, 15) is 48.3 Å². The molecule has 0 spiro atoms. The molecule has 5 aromatic rings. The number of hydrogen-bond acceptors (Lipinski definition) is 14. The van der Waals surface area contributed by atoms with Gasteiger partial charge >= 0.3 is 13.5 Å². The molecule has 0 fully saturated rings. The highest BCUT2D eigenvalue weighted by Gasteiger charge is 2.27. The Morgan fingerprint density at radius 3 is 2.04 bits per heavy atom. The predicted octanol–water partition coefficient (Wildman–Crippen LogP) is 4.03. The van der Waals surface area contributed by atoms with E-state index >= 15 is 0 Å². The number of quaternary nitrogens is 1. The monoisotopic (exact) mass is 953 g/mol. The zero-order valence-electron chi connectivity index (χ0n) is 37.5. The van der Waals surface area contributed by atoms with Crippen molar-refractivity contribution in [1.82, 2.24) is 25.9 Å². The molecule has 356 valence electrons. The molecule has 23 heteroatoms. The maximum absolute atomic E-state index is 13.9. The third-order valence-electron chi connectivity index (χ3n) is 9.48. The van der Waals surface area contributed by atoms with Gasteiger partial charge in [-0.15, -0.1) is 0 Å². The highest BCUT2D eigenvalue weighted by atomic mass is 31.2. The number of ketones is 1. The Hall–Kier alpha value is -7.75. The van der Waals surface area contributed by atoms with E-state index in [1.165, 1.54) is 55.5 Å². The van der Waals surface area contributed by atoms with Crippen LogP contribution in [0, 0.1) is 10.1 Å². The van der Waals surface area contributed by atoms with Gasteiger partial charge in [-0.3, -0.25) is 47.9 Å². The molecule has 5 amide bonds. The summed E-state index contributed by atoms with van der Waals surface area (Å²) >= 11 is 0. The van der Waals surface area contributed by atoms with E-state index in [2.05, 4.69) is 36.6 Å². The predicted molar refractivity (Wildman–Crippen MR) is 249 cm³/mol. The van der Waals surface area contributed by atoms with Crippen LogP contribution < -0.4 is 31.5 Å². The molecule has 0 bridgehead atoms. The summed E-state index contributed by atoms with van der Waals surface area (Å²) in [6.07, 6.45) is 1.13. The lowest BCUT2D eigenvalue weighted by Gasteiger charge is -2.24. The first-order chi connectivity index (χ1) is 32.3. The van der Waals surface area contributed by atoms with Gasteiger partial charge in [-0.2, -0.15) is 4.98 Å². The molecule has 5 rings (SSSR count). The summed E-state index contributed by atoms with van der Waals surface area (Å²) in [6.45, 7) is -0.0224. The number of likely N-dealkylation sites (N-methyl/N-ethyl adjacent to an activating group) is 1. The number of aromatic nitrogens is 2. The maximum Gasteiger partial charge on any atom is 0.472 e. The third-order valence-corrected chi connectivity index (χ3v) is 10.5. The van der Waals surface area contributed by atoms with Crippen molar-refractivity contribution in [3.8, 4) is 0 Å². The van der Waals surface area contributed by atoms with Crippen LogP contribution in [-0.2, 0) is 39.2 Å². The van der Waals surface area contributed by atoms with Crippen molar-refractivity contribution < 1.29 is 56.7 Å². The first-order valence-electron chi connectivity index (χ1n) is 20.8. The Morgan fingerprint density at radius 1 is 0.779 bits per heavy atom. The number of phosphoric acid groups is 1. The standard InChI is InChI=1S/C45H49N10O12P/c1-30(56)50-34-18-20-35(21-19-34)53(45-49-26-38(54(62)63)43(52-45)51-37-13-9-8-12-36(37)42(60)32-10-6-5-7-11-32)41(59)29-47-39(57)27-46-40(58)28-48-44(61)33-16-14-31(15-17-33)22-24-66-68(64,65)67-25-23-55(2,3)4/h5-21,26H,22-25,27-29H2,1-4H3,(H5-,46,47,48,49,50,51,52,56,57,58,60,61,64,65)/p+1. The van der Waals surface area contributed by atoms with Crippen LogP contribution in [0.15, 0.2) is 109 Å². The second kappa shape index (κ2) is 23.6. The number of nitro groups is 1. The smallest absolute Gasteiger partial charge is 0.346 e. The van der Waals surface area contributed by atoms with Crippen molar-refractivity contribution in [2.45, 2.75) is 13.3 Å². The van der Waals surface area contributed by atoms with E-state index in [1.807, 2.05) is 21.1 Å². The minimum atomic E-state index is -4.23. The maximum atomic E-state index is 13.9. The van der Waals surface area contributed by atoms with Gasteiger partial charge in [0, 0.05) is 29.3 Å². The number of nitrogens with one attached hydrogen (secondary N) is 5. The van der Waals surface area contributed by atoms with Crippen molar-refractivity contribution in [3.63, 3.8) is 0 Å². The molecule has 1 atom stereocenters. The highest BCUT2D eigenvalue weighted by molar-refractivity contribution is 7.47. The van der Waals surface area contributed by atoms with Crippen molar-refractivity contribution in [1.29, 1.82) is 0 Å². The summed E-state index contributed by atoms with van der Waals surface area (Å²) in [5.41, 5.74) is 1.56. The molecule has 6 N–H and O–H groups in total. The van der Waals surface area contributed by atoms with Gasteiger partial charge in [0.2, 0.25) is 29.5 Å². The fourth-order valence-electron chi connectivity index (χ4n) is 6.02. The van der Waals surface area contributed by atoms with Gasteiger partial charge in [-0.05, 0) is 60.5 Å². The topological polar surface area (TPSA) is 290 Å². The number of para-hydroxylation sites is 1. The Balaban J connectivity index is 1.19. The fourth-order valence-corrected chi connectivity index (χ4v) is 6.73. The minimum Gasteiger partial charge on any atom is -0.346 e. The van der Waals surface area contributed by atoms with E-state index in [1.54, 1.807) is 54.6 Å². The summed E-state index contributed by atoms with van der Waals surface area (Å²) in [5.74, 6) is -4.40. The van der Waals surface area contributed by atoms with E-state index in [0.717, 1.165) is 11.1 Å². The summed E-state index contributed by atoms with van der Waals surface area (Å²) in [7, 11) is 1.51. The van der Waals surface area contributed by atoms with Crippen LogP contribution >= 0.6 is 7.82 Å². The van der Waals surface area contributed by atoms with Gasteiger partial charge in [0.1, 0.15) is 19.3 Å². The fraction of sp³-hybridized carbons (Fsp3) is 0.244. The molecular formula is C45H50N10O12P+. The van der Waals surface area contributed by atoms with Crippen LogP contribution in [-0.4, -0.2) is 120 Å². The molecule has 22 nitrogen and oxygen atoms in total. The summed E-state index contributed by atoms with van der Waals surface area (Å²) in [4.78, 5) is 108. The molecule has 0 saturated carbocycles. The van der Waals surface area contributed by atoms with Crippen LogP contribution in [0.25, 0.3) is 0 Å². The average molecular weight is 954 g/mol. The van der Waals surface area contributed by atoms with Crippen molar-refractivity contribution >= 4 is 77.7 Å². The number of nitrogens with zero attached hydrogens (tertiary/aromatic N) is 5. The van der Waals surface area contributed by atoms with E-state index in [-0.39, 0.29) is 65.6 Å². The average Bonchev–Trinajstić information content (AvgIpc) is 3.29. The third kappa shape index (κ3) is 15.7. The number of benzene rings is 4. The molecule has 0 aliphatic carbocycles. The summed E-state index contributed by atoms with van der Waals surface area (Å²) in [6, 6.07) is 26.8. The summed E-state index contributed by atoms with van der Waals surface area (Å²) < 4.78 is 22.7. The van der Waals surface area contributed by atoms with E-state index in [0.29, 0.717) is 27.8 Å². The first-order valence-corrected chi connectivity index (χ1v) is 22.3. The molecule has 1 aromatic heterocycles. The number of phosphoric ester groups is 1. The molecule has 0 aliphatic rings. The van der Waals surface area contributed by atoms with Gasteiger partial charge in [0.05, 0.1) is 63.7 Å². The van der Waals surface area contributed by atoms with Gasteiger partial charge in [0.15, 0.2) is 5.78 Å². The molecule has 0 radical (unpaired) electrons. The Kier molecular flexibility index (Phi) is 17.8. The second-order valence-electron chi connectivity index (χ2n) is 15.8. The Labute approximate surface area is 390 Å². The number of carbonyl (C=O) groups is 6.